The fraction of sp³-hybridized carbons (Fsp3) is 1.00. The average molecular weight is 278 g/mol. The van der Waals surface area contributed by atoms with Crippen LogP contribution in [0.4, 0.5) is 0 Å². The molecule has 0 unspecified atom stereocenters. The summed E-state index contributed by atoms with van der Waals surface area (Å²) in [6, 6.07) is 0. The van der Waals surface area contributed by atoms with Crippen molar-refractivity contribution in [3.63, 3.8) is 0 Å². The van der Waals surface area contributed by atoms with Gasteiger partial charge < -0.3 is 14.3 Å². The molecular weight excluding hydrogens is 247 g/mol. The van der Waals surface area contributed by atoms with Crippen LogP contribution in [0.2, 0.25) is 0 Å². The summed E-state index contributed by atoms with van der Waals surface area (Å²) in [4.78, 5) is 17.1. The Hall–Kier alpha value is 0.310. The molecule has 18 heavy (non-hydrogen) atoms. The summed E-state index contributed by atoms with van der Waals surface area (Å²) in [5, 5.41) is 0. The third-order valence-corrected chi connectivity index (χ3v) is 4.72. The highest BCUT2D eigenvalue weighted by atomic mass is 31.2. The van der Waals surface area contributed by atoms with Gasteiger partial charge >= 0.3 is 8.60 Å². The first-order valence-electron chi connectivity index (χ1n) is 7.41. The molecule has 3 nitrogen and oxygen atoms in total. The molecule has 0 saturated carbocycles. The number of unbranched alkanes of at least 4 members (excludes halogenated alkanes) is 4. The maximum Gasteiger partial charge on any atom is 0.327 e. The van der Waals surface area contributed by atoms with Crippen LogP contribution in [-0.2, 0) is 4.52 Å². The van der Waals surface area contributed by atoms with E-state index in [1.165, 1.54) is 44.9 Å². The summed E-state index contributed by atoms with van der Waals surface area (Å²) < 4.78 is 4.73. The number of hydrogen-bond donors (Lipinski definition) is 2. The Bertz CT molecular complexity index is 174. The number of rotatable bonds is 12. The Morgan fingerprint density at radius 1 is 0.833 bits per heavy atom. The van der Waals surface area contributed by atoms with Crippen LogP contribution < -0.4 is 0 Å². The summed E-state index contributed by atoms with van der Waals surface area (Å²) in [7, 11) is -2.15. The molecule has 0 radical (unpaired) electrons. The lowest BCUT2D eigenvalue weighted by atomic mass is 9.75. The molecule has 110 valence electrons. The molecule has 0 rings (SSSR count). The summed E-state index contributed by atoms with van der Waals surface area (Å²) in [5.74, 6) is 0. The highest BCUT2D eigenvalue weighted by molar-refractivity contribution is 7.39. The van der Waals surface area contributed by atoms with Gasteiger partial charge in [0.15, 0.2) is 0 Å². The van der Waals surface area contributed by atoms with Gasteiger partial charge in [-0.3, -0.25) is 0 Å². The Balaban J connectivity index is 3.44. The summed E-state index contributed by atoms with van der Waals surface area (Å²) in [5.41, 5.74) is 0.576. The van der Waals surface area contributed by atoms with Crippen LogP contribution in [0.5, 0.6) is 0 Å². The van der Waals surface area contributed by atoms with Crippen molar-refractivity contribution in [2.24, 2.45) is 5.41 Å². The van der Waals surface area contributed by atoms with Gasteiger partial charge in [0.25, 0.3) is 0 Å². The van der Waals surface area contributed by atoms with Crippen LogP contribution in [-0.4, -0.2) is 16.4 Å². The van der Waals surface area contributed by atoms with E-state index in [0.717, 1.165) is 12.8 Å². The van der Waals surface area contributed by atoms with Crippen molar-refractivity contribution in [3.05, 3.63) is 0 Å². The smallest absolute Gasteiger partial charge is 0.327 e. The lowest BCUT2D eigenvalue weighted by Gasteiger charge is -2.30. The second kappa shape index (κ2) is 11.2. The Morgan fingerprint density at radius 2 is 1.33 bits per heavy atom. The predicted molar refractivity (Wildman–Crippen MR) is 78.3 cm³/mol. The van der Waals surface area contributed by atoms with E-state index >= 15 is 0 Å². The van der Waals surface area contributed by atoms with E-state index in [2.05, 4.69) is 20.8 Å². The molecule has 0 aromatic rings. The van der Waals surface area contributed by atoms with Crippen molar-refractivity contribution >= 4 is 8.60 Å². The van der Waals surface area contributed by atoms with E-state index in [0.29, 0.717) is 12.0 Å². The van der Waals surface area contributed by atoms with Gasteiger partial charge in [0.05, 0.1) is 6.61 Å². The standard InChI is InChI=1S/C14H31O3P/c1-4-14(5-2,6-3)12-10-8-7-9-11-13-17-18(15)16/h15-16H,4-13H2,1-3H3. The van der Waals surface area contributed by atoms with Gasteiger partial charge in [-0.15, -0.1) is 0 Å². The molecule has 0 aromatic carbocycles. The van der Waals surface area contributed by atoms with Gasteiger partial charge in [0, 0.05) is 0 Å². The monoisotopic (exact) mass is 278 g/mol. The van der Waals surface area contributed by atoms with Crippen molar-refractivity contribution in [2.45, 2.75) is 78.6 Å². The van der Waals surface area contributed by atoms with Crippen LogP contribution in [0.3, 0.4) is 0 Å². The van der Waals surface area contributed by atoms with Gasteiger partial charge in [-0.1, -0.05) is 65.7 Å². The van der Waals surface area contributed by atoms with Crippen LogP contribution in [0.25, 0.3) is 0 Å². The van der Waals surface area contributed by atoms with E-state index in [1.807, 2.05) is 0 Å². The molecule has 0 heterocycles. The zero-order valence-electron chi connectivity index (χ0n) is 12.3. The van der Waals surface area contributed by atoms with Gasteiger partial charge in [-0.25, -0.2) is 0 Å². The van der Waals surface area contributed by atoms with Gasteiger partial charge in [-0.2, -0.15) is 0 Å². The van der Waals surface area contributed by atoms with Crippen molar-refractivity contribution in [1.82, 2.24) is 0 Å². The largest absolute Gasteiger partial charge is 0.328 e. The van der Waals surface area contributed by atoms with Crippen LogP contribution in [0.1, 0.15) is 78.6 Å². The third-order valence-electron chi connectivity index (χ3n) is 4.31. The van der Waals surface area contributed by atoms with E-state index in [9.17, 15) is 0 Å². The average Bonchev–Trinajstić information content (AvgIpc) is 2.38. The van der Waals surface area contributed by atoms with E-state index in [4.69, 9.17) is 14.3 Å². The predicted octanol–water partition coefficient (Wildman–Crippen LogP) is 4.77. The molecular formula is C14H31O3P. The maximum atomic E-state index is 8.56. The Kier molecular flexibility index (Phi) is 11.4. The zero-order chi connectivity index (χ0) is 13.9. The topological polar surface area (TPSA) is 49.7 Å². The first-order chi connectivity index (χ1) is 8.60. The van der Waals surface area contributed by atoms with E-state index in [-0.39, 0.29) is 0 Å². The lowest BCUT2D eigenvalue weighted by Crippen LogP contribution is -2.17. The minimum atomic E-state index is -2.15. The summed E-state index contributed by atoms with van der Waals surface area (Å²) >= 11 is 0. The van der Waals surface area contributed by atoms with Crippen LogP contribution in [0.15, 0.2) is 0 Å². The molecule has 0 aliphatic carbocycles. The summed E-state index contributed by atoms with van der Waals surface area (Å²) in [6.07, 6.45) is 11.1. The Morgan fingerprint density at radius 3 is 1.83 bits per heavy atom. The highest BCUT2D eigenvalue weighted by Gasteiger charge is 2.22. The molecule has 0 fully saturated rings. The quantitative estimate of drug-likeness (QED) is 0.399. The third kappa shape index (κ3) is 8.42. The van der Waals surface area contributed by atoms with Crippen molar-refractivity contribution in [3.8, 4) is 0 Å². The zero-order valence-corrected chi connectivity index (χ0v) is 13.2. The van der Waals surface area contributed by atoms with Crippen molar-refractivity contribution in [2.75, 3.05) is 6.61 Å². The van der Waals surface area contributed by atoms with E-state index < -0.39 is 8.60 Å². The SMILES string of the molecule is CCC(CC)(CC)CCCCCCCOP(O)O. The fourth-order valence-corrected chi connectivity index (χ4v) is 2.85. The molecule has 0 aromatic heterocycles. The molecule has 0 spiro atoms. The maximum absolute atomic E-state index is 8.56. The van der Waals surface area contributed by atoms with Crippen molar-refractivity contribution < 1.29 is 14.3 Å². The molecule has 0 amide bonds. The minimum absolute atomic E-state index is 0.474. The first-order valence-corrected chi connectivity index (χ1v) is 8.57. The molecule has 0 atom stereocenters. The van der Waals surface area contributed by atoms with Crippen LogP contribution >= 0.6 is 8.60 Å². The number of hydrogen-bond acceptors (Lipinski definition) is 3. The molecule has 0 saturated heterocycles. The van der Waals surface area contributed by atoms with E-state index in [1.54, 1.807) is 0 Å². The molecule has 2 N–H and O–H groups in total. The lowest BCUT2D eigenvalue weighted by molar-refractivity contribution is 0.218. The van der Waals surface area contributed by atoms with Gasteiger partial charge in [-0.05, 0) is 18.3 Å². The minimum Gasteiger partial charge on any atom is -0.328 e. The normalized spacial score (nSPS) is 12.3. The van der Waals surface area contributed by atoms with Gasteiger partial charge in [0.1, 0.15) is 0 Å². The fourth-order valence-electron chi connectivity index (χ4n) is 2.56. The Labute approximate surface area is 114 Å². The highest BCUT2D eigenvalue weighted by Crippen LogP contribution is 2.36. The van der Waals surface area contributed by atoms with Gasteiger partial charge in [0.2, 0.25) is 0 Å². The first kappa shape index (κ1) is 18.3. The second-order valence-electron chi connectivity index (χ2n) is 5.16. The molecule has 0 bridgehead atoms. The molecule has 0 aliphatic heterocycles. The summed E-state index contributed by atoms with van der Waals surface area (Å²) in [6.45, 7) is 7.41. The van der Waals surface area contributed by atoms with Crippen molar-refractivity contribution in [1.29, 1.82) is 0 Å². The molecule has 4 heteroatoms. The van der Waals surface area contributed by atoms with Crippen LogP contribution in [0, 0.1) is 5.41 Å². The molecule has 0 aliphatic rings. The second-order valence-corrected chi connectivity index (χ2v) is 5.93.